The number of aliphatic hydroxyl groups is 1. The van der Waals surface area contributed by atoms with Crippen molar-refractivity contribution in [2.75, 3.05) is 0 Å². The molecule has 2 atom stereocenters. The lowest BCUT2D eigenvalue weighted by molar-refractivity contribution is 0.100. The largest absolute Gasteiger partial charge is 0.445 e. The molecule has 0 aliphatic rings. The highest BCUT2D eigenvalue weighted by Gasteiger charge is 2.21. The molecule has 2 aromatic carbocycles. The van der Waals surface area contributed by atoms with Crippen LogP contribution >= 0.6 is 0 Å². The lowest BCUT2D eigenvalue weighted by atomic mass is 10.0. The third-order valence-electron chi connectivity index (χ3n) is 3.48. The van der Waals surface area contributed by atoms with Crippen LogP contribution in [0.2, 0.25) is 0 Å². The summed E-state index contributed by atoms with van der Waals surface area (Å²) >= 11 is 0. The number of hydrogen-bond acceptors (Lipinski definition) is 3. The van der Waals surface area contributed by atoms with E-state index in [1.54, 1.807) is 0 Å². The van der Waals surface area contributed by atoms with Crippen LogP contribution in [-0.2, 0) is 11.3 Å². The normalized spacial score (nSPS) is 13.2. The molecule has 2 aromatic rings. The van der Waals surface area contributed by atoms with E-state index in [1.807, 2.05) is 67.6 Å². The van der Waals surface area contributed by atoms with Crippen LogP contribution in [-0.4, -0.2) is 17.2 Å². The van der Waals surface area contributed by atoms with E-state index in [-0.39, 0.29) is 12.6 Å². The number of amides is 1. The fourth-order valence-corrected chi connectivity index (χ4v) is 2.20. The molecule has 4 heteroatoms. The number of benzene rings is 2. The minimum absolute atomic E-state index is 0.213. The molecule has 22 heavy (non-hydrogen) atoms. The first-order valence-corrected chi connectivity index (χ1v) is 7.41. The van der Waals surface area contributed by atoms with E-state index in [4.69, 9.17) is 4.74 Å². The highest BCUT2D eigenvalue weighted by atomic mass is 16.5. The monoisotopic (exact) mass is 299 g/mol. The van der Waals surface area contributed by atoms with Crippen molar-refractivity contribution in [3.63, 3.8) is 0 Å². The second-order valence-corrected chi connectivity index (χ2v) is 5.08. The van der Waals surface area contributed by atoms with Gasteiger partial charge in [0, 0.05) is 0 Å². The van der Waals surface area contributed by atoms with Crippen LogP contribution in [0.5, 0.6) is 0 Å². The van der Waals surface area contributed by atoms with Gasteiger partial charge in [-0.15, -0.1) is 0 Å². The molecule has 0 heterocycles. The molecule has 0 fully saturated rings. The molecule has 0 spiro atoms. The lowest BCUT2D eigenvalue weighted by Gasteiger charge is -2.23. The Hall–Kier alpha value is -2.33. The standard InChI is InChI=1S/C18H21NO3/c1-2-16(17(20)15-11-7-4-8-12-15)19-18(21)22-13-14-9-5-3-6-10-14/h3-12,16-17,20H,2,13H2,1H3,(H,19,21). The molecule has 2 N–H and O–H groups in total. The Kier molecular flexibility index (Phi) is 5.98. The van der Waals surface area contributed by atoms with E-state index in [1.165, 1.54) is 0 Å². The van der Waals surface area contributed by atoms with Gasteiger partial charge in [-0.25, -0.2) is 4.79 Å². The van der Waals surface area contributed by atoms with E-state index in [2.05, 4.69) is 5.32 Å². The van der Waals surface area contributed by atoms with Gasteiger partial charge in [0.2, 0.25) is 0 Å². The van der Waals surface area contributed by atoms with Crippen LogP contribution in [0.15, 0.2) is 60.7 Å². The van der Waals surface area contributed by atoms with Crippen LogP contribution in [0.4, 0.5) is 4.79 Å². The first kappa shape index (κ1) is 16.0. The Labute approximate surface area is 130 Å². The van der Waals surface area contributed by atoms with E-state index < -0.39 is 12.2 Å². The van der Waals surface area contributed by atoms with Crippen molar-refractivity contribution >= 4 is 6.09 Å². The fourth-order valence-electron chi connectivity index (χ4n) is 2.20. The molecule has 0 radical (unpaired) electrons. The maximum Gasteiger partial charge on any atom is 0.407 e. The molecule has 0 aliphatic heterocycles. The average Bonchev–Trinajstić information content (AvgIpc) is 2.59. The number of alkyl carbamates (subject to hydrolysis) is 1. The van der Waals surface area contributed by atoms with Crippen molar-refractivity contribution in [2.45, 2.75) is 32.1 Å². The Morgan fingerprint density at radius 3 is 2.27 bits per heavy atom. The van der Waals surface area contributed by atoms with E-state index >= 15 is 0 Å². The van der Waals surface area contributed by atoms with Gasteiger partial charge in [-0.05, 0) is 17.5 Å². The zero-order valence-corrected chi connectivity index (χ0v) is 12.6. The Morgan fingerprint density at radius 2 is 1.68 bits per heavy atom. The van der Waals surface area contributed by atoms with E-state index in [0.717, 1.165) is 11.1 Å². The van der Waals surface area contributed by atoms with Crippen LogP contribution in [0.3, 0.4) is 0 Å². The summed E-state index contributed by atoms with van der Waals surface area (Å²) in [6.45, 7) is 2.12. The molecule has 116 valence electrons. The molecule has 0 bridgehead atoms. The zero-order valence-electron chi connectivity index (χ0n) is 12.6. The average molecular weight is 299 g/mol. The van der Waals surface area contributed by atoms with Crippen LogP contribution in [0.25, 0.3) is 0 Å². The summed E-state index contributed by atoms with van der Waals surface area (Å²) in [6.07, 6.45) is -0.669. The number of ether oxygens (including phenoxy) is 1. The molecule has 0 aromatic heterocycles. The minimum Gasteiger partial charge on any atom is -0.445 e. The van der Waals surface area contributed by atoms with Crippen molar-refractivity contribution < 1.29 is 14.6 Å². The van der Waals surface area contributed by atoms with Gasteiger partial charge in [-0.1, -0.05) is 67.6 Å². The molecule has 0 saturated carbocycles. The Bertz CT molecular complexity index is 571. The number of rotatable bonds is 6. The van der Waals surface area contributed by atoms with Gasteiger partial charge in [0.25, 0.3) is 0 Å². The lowest BCUT2D eigenvalue weighted by Crippen LogP contribution is -2.39. The molecule has 2 rings (SSSR count). The predicted octanol–water partition coefficient (Wildman–Crippen LogP) is 3.43. The van der Waals surface area contributed by atoms with Gasteiger partial charge >= 0.3 is 6.09 Å². The summed E-state index contributed by atoms with van der Waals surface area (Å²) in [7, 11) is 0. The van der Waals surface area contributed by atoms with E-state index in [0.29, 0.717) is 6.42 Å². The van der Waals surface area contributed by atoms with Crippen molar-refractivity contribution in [1.29, 1.82) is 0 Å². The summed E-state index contributed by atoms with van der Waals surface area (Å²) in [5, 5.41) is 13.1. The molecule has 0 aliphatic carbocycles. The third-order valence-corrected chi connectivity index (χ3v) is 3.48. The highest BCUT2D eigenvalue weighted by Crippen LogP contribution is 2.18. The topological polar surface area (TPSA) is 58.6 Å². The van der Waals surface area contributed by atoms with Gasteiger partial charge < -0.3 is 15.2 Å². The smallest absolute Gasteiger partial charge is 0.407 e. The molecule has 0 saturated heterocycles. The van der Waals surface area contributed by atoms with Gasteiger partial charge in [-0.3, -0.25) is 0 Å². The maximum absolute atomic E-state index is 11.9. The first-order valence-electron chi connectivity index (χ1n) is 7.41. The second-order valence-electron chi connectivity index (χ2n) is 5.08. The number of aliphatic hydroxyl groups excluding tert-OH is 1. The summed E-state index contributed by atoms with van der Waals surface area (Å²) in [6, 6.07) is 18.4. The summed E-state index contributed by atoms with van der Waals surface area (Å²) in [4.78, 5) is 11.9. The van der Waals surface area contributed by atoms with Gasteiger partial charge in [-0.2, -0.15) is 0 Å². The SMILES string of the molecule is CCC(NC(=O)OCc1ccccc1)C(O)c1ccccc1. The van der Waals surface area contributed by atoms with Gasteiger partial charge in [0.05, 0.1) is 12.1 Å². The molecular formula is C18H21NO3. The Morgan fingerprint density at radius 1 is 1.09 bits per heavy atom. The number of nitrogens with one attached hydrogen (secondary N) is 1. The van der Waals surface area contributed by atoms with Gasteiger partial charge in [0.1, 0.15) is 6.61 Å². The highest BCUT2D eigenvalue weighted by molar-refractivity contribution is 5.67. The first-order chi connectivity index (χ1) is 10.7. The maximum atomic E-state index is 11.9. The van der Waals surface area contributed by atoms with Crippen molar-refractivity contribution in [1.82, 2.24) is 5.32 Å². The Balaban J connectivity index is 1.88. The van der Waals surface area contributed by atoms with Crippen molar-refractivity contribution in [3.8, 4) is 0 Å². The number of hydrogen-bond donors (Lipinski definition) is 2. The molecule has 1 amide bonds. The summed E-state index contributed by atoms with van der Waals surface area (Å²) < 4.78 is 5.19. The molecular weight excluding hydrogens is 278 g/mol. The van der Waals surface area contributed by atoms with Crippen molar-refractivity contribution in [3.05, 3.63) is 71.8 Å². The van der Waals surface area contributed by atoms with Crippen LogP contribution in [0.1, 0.15) is 30.6 Å². The van der Waals surface area contributed by atoms with Crippen LogP contribution in [0, 0.1) is 0 Å². The third kappa shape index (κ3) is 4.60. The van der Waals surface area contributed by atoms with Crippen molar-refractivity contribution in [2.24, 2.45) is 0 Å². The minimum atomic E-state index is -0.754. The van der Waals surface area contributed by atoms with Gasteiger partial charge in [0.15, 0.2) is 0 Å². The number of carbonyl (C=O) groups is 1. The second kappa shape index (κ2) is 8.20. The predicted molar refractivity (Wildman–Crippen MR) is 85.2 cm³/mol. The van der Waals surface area contributed by atoms with Crippen LogP contribution < -0.4 is 5.32 Å². The number of carbonyl (C=O) groups excluding carboxylic acids is 1. The zero-order chi connectivity index (χ0) is 15.8. The quantitative estimate of drug-likeness (QED) is 0.859. The van der Waals surface area contributed by atoms with E-state index in [9.17, 15) is 9.90 Å². The molecule has 2 unspecified atom stereocenters. The molecule has 4 nitrogen and oxygen atoms in total. The summed E-state index contributed by atoms with van der Waals surface area (Å²) in [5.41, 5.74) is 1.70. The fraction of sp³-hybridized carbons (Fsp3) is 0.278. The summed E-state index contributed by atoms with van der Waals surface area (Å²) in [5.74, 6) is 0.